The van der Waals surface area contributed by atoms with Crippen molar-refractivity contribution in [3.63, 3.8) is 0 Å². The first-order chi connectivity index (χ1) is 9.29. The van der Waals surface area contributed by atoms with Gasteiger partial charge in [-0.3, -0.25) is 4.98 Å². The van der Waals surface area contributed by atoms with Crippen LogP contribution < -0.4 is 10.1 Å². The van der Waals surface area contributed by atoms with Gasteiger partial charge in [0.1, 0.15) is 11.5 Å². The minimum atomic E-state index is 0.698. The molecule has 2 aromatic rings. The Morgan fingerprint density at radius 1 is 1.16 bits per heavy atom. The first kappa shape index (κ1) is 12.2. The zero-order valence-corrected chi connectivity index (χ0v) is 11.1. The third-order valence-corrected chi connectivity index (χ3v) is 3.19. The van der Waals surface area contributed by atoms with E-state index in [4.69, 9.17) is 4.74 Å². The number of hydrogen-bond donors (Lipinski definition) is 1. The van der Waals surface area contributed by atoms with Gasteiger partial charge in [0, 0.05) is 24.8 Å². The minimum absolute atomic E-state index is 0.698. The lowest BCUT2D eigenvalue weighted by Crippen LogP contribution is -2.16. The molecule has 1 aliphatic carbocycles. The molecule has 0 atom stereocenters. The van der Waals surface area contributed by atoms with Gasteiger partial charge in [0.15, 0.2) is 0 Å². The molecule has 98 valence electrons. The maximum Gasteiger partial charge on any atom is 0.130 e. The van der Waals surface area contributed by atoms with Crippen molar-refractivity contribution in [1.29, 1.82) is 0 Å². The van der Waals surface area contributed by atoms with Gasteiger partial charge in [0.2, 0.25) is 0 Å². The summed E-state index contributed by atoms with van der Waals surface area (Å²) in [5, 5.41) is 3.45. The largest absolute Gasteiger partial charge is 0.457 e. The molecule has 1 aliphatic rings. The van der Waals surface area contributed by atoms with E-state index in [9.17, 15) is 0 Å². The SMILES string of the molecule is Cc1ccc(Oc2ccnc(CNC3CC3)c2)cc1. The first-order valence-electron chi connectivity index (χ1n) is 6.72. The first-order valence-corrected chi connectivity index (χ1v) is 6.72. The predicted octanol–water partition coefficient (Wildman–Crippen LogP) is 3.43. The summed E-state index contributed by atoms with van der Waals surface area (Å²) < 4.78 is 5.83. The average Bonchev–Trinajstić information content (AvgIpc) is 3.24. The van der Waals surface area contributed by atoms with Crippen molar-refractivity contribution in [3.05, 3.63) is 53.9 Å². The molecule has 1 heterocycles. The Labute approximate surface area is 113 Å². The van der Waals surface area contributed by atoms with Crippen LogP contribution in [0.15, 0.2) is 42.6 Å². The molecule has 0 saturated heterocycles. The number of aryl methyl sites for hydroxylation is 1. The Morgan fingerprint density at radius 2 is 1.95 bits per heavy atom. The summed E-state index contributed by atoms with van der Waals surface area (Å²) in [5.74, 6) is 1.70. The lowest BCUT2D eigenvalue weighted by molar-refractivity contribution is 0.480. The fourth-order valence-electron chi connectivity index (χ4n) is 1.89. The van der Waals surface area contributed by atoms with E-state index in [0.717, 1.165) is 23.7 Å². The van der Waals surface area contributed by atoms with Gasteiger partial charge in [-0.05, 0) is 38.0 Å². The molecule has 3 rings (SSSR count). The zero-order valence-electron chi connectivity index (χ0n) is 11.1. The van der Waals surface area contributed by atoms with Gasteiger partial charge in [-0.1, -0.05) is 17.7 Å². The highest BCUT2D eigenvalue weighted by Crippen LogP contribution is 2.23. The summed E-state index contributed by atoms with van der Waals surface area (Å²) in [4.78, 5) is 4.35. The van der Waals surface area contributed by atoms with Gasteiger partial charge in [-0.25, -0.2) is 0 Å². The number of rotatable bonds is 5. The predicted molar refractivity (Wildman–Crippen MR) is 75.4 cm³/mol. The van der Waals surface area contributed by atoms with E-state index in [2.05, 4.69) is 17.2 Å². The van der Waals surface area contributed by atoms with Crippen LogP contribution in [0.25, 0.3) is 0 Å². The average molecular weight is 254 g/mol. The van der Waals surface area contributed by atoms with Crippen molar-refractivity contribution in [3.8, 4) is 11.5 Å². The molecule has 1 aromatic carbocycles. The lowest BCUT2D eigenvalue weighted by atomic mass is 10.2. The van der Waals surface area contributed by atoms with Crippen molar-refractivity contribution < 1.29 is 4.74 Å². The molecule has 3 heteroatoms. The van der Waals surface area contributed by atoms with Gasteiger partial charge in [0.25, 0.3) is 0 Å². The number of nitrogens with zero attached hydrogens (tertiary/aromatic N) is 1. The topological polar surface area (TPSA) is 34.1 Å². The Balaban J connectivity index is 1.66. The summed E-state index contributed by atoms with van der Waals surface area (Å²) in [7, 11) is 0. The normalized spacial score (nSPS) is 14.4. The summed E-state index contributed by atoms with van der Waals surface area (Å²) in [6, 6.07) is 12.6. The summed E-state index contributed by atoms with van der Waals surface area (Å²) >= 11 is 0. The van der Waals surface area contributed by atoms with Crippen molar-refractivity contribution in [1.82, 2.24) is 10.3 Å². The summed E-state index contributed by atoms with van der Waals surface area (Å²) in [5.41, 5.74) is 2.26. The molecule has 3 nitrogen and oxygen atoms in total. The van der Waals surface area contributed by atoms with Crippen LogP contribution in [0.1, 0.15) is 24.1 Å². The summed E-state index contributed by atoms with van der Waals surface area (Å²) in [6.07, 6.45) is 4.38. The van der Waals surface area contributed by atoms with E-state index in [0.29, 0.717) is 6.04 Å². The lowest BCUT2D eigenvalue weighted by Gasteiger charge is -2.08. The number of aromatic nitrogens is 1. The van der Waals surface area contributed by atoms with Crippen LogP contribution in [0.4, 0.5) is 0 Å². The third kappa shape index (κ3) is 3.55. The second-order valence-corrected chi connectivity index (χ2v) is 5.05. The number of ether oxygens (including phenoxy) is 1. The molecule has 1 saturated carbocycles. The molecular weight excluding hydrogens is 236 g/mol. The highest BCUT2D eigenvalue weighted by molar-refractivity contribution is 5.32. The highest BCUT2D eigenvalue weighted by atomic mass is 16.5. The molecule has 0 bridgehead atoms. The number of hydrogen-bond acceptors (Lipinski definition) is 3. The second kappa shape index (κ2) is 5.41. The molecule has 0 spiro atoms. The Hall–Kier alpha value is -1.87. The Kier molecular flexibility index (Phi) is 3.47. The van der Waals surface area contributed by atoms with Crippen LogP contribution in [0, 0.1) is 6.92 Å². The van der Waals surface area contributed by atoms with Crippen molar-refractivity contribution in [2.24, 2.45) is 0 Å². The van der Waals surface area contributed by atoms with E-state index in [1.165, 1.54) is 18.4 Å². The molecule has 0 amide bonds. The van der Waals surface area contributed by atoms with Gasteiger partial charge in [-0.2, -0.15) is 0 Å². The smallest absolute Gasteiger partial charge is 0.130 e. The van der Waals surface area contributed by atoms with Crippen LogP contribution in [0.3, 0.4) is 0 Å². The maximum atomic E-state index is 5.83. The number of nitrogens with one attached hydrogen (secondary N) is 1. The Bertz CT molecular complexity index is 547. The van der Waals surface area contributed by atoms with Crippen molar-refractivity contribution in [2.45, 2.75) is 32.4 Å². The van der Waals surface area contributed by atoms with Crippen LogP contribution in [-0.4, -0.2) is 11.0 Å². The van der Waals surface area contributed by atoms with E-state index in [-0.39, 0.29) is 0 Å². The molecular formula is C16H18N2O. The molecule has 1 aromatic heterocycles. The minimum Gasteiger partial charge on any atom is -0.457 e. The second-order valence-electron chi connectivity index (χ2n) is 5.05. The third-order valence-electron chi connectivity index (χ3n) is 3.19. The quantitative estimate of drug-likeness (QED) is 0.887. The van der Waals surface area contributed by atoms with Crippen LogP contribution in [0.5, 0.6) is 11.5 Å². The molecule has 1 N–H and O–H groups in total. The van der Waals surface area contributed by atoms with Gasteiger partial charge in [-0.15, -0.1) is 0 Å². The standard InChI is InChI=1S/C16H18N2O/c1-12-2-6-15(7-3-12)19-16-8-9-17-14(10-16)11-18-13-4-5-13/h2-3,6-10,13,18H,4-5,11H2,1H3. The van der Waals surface area contributed by atoms with E-state index in [1.807, 2.05) is 36.4 Å². The number of pyridine rings is 1. The zero-order chi connectivity index (χ0) is 13.1. The van der Waals surface area contributed by atoms with E-state index >= 15 is 0 Å². The maximum absolute atomic E-state index is 5.83. The van der Waals surface area contributed by atoms with Crippen LogP contribution in [0.2, 0.25) is 0 Å². The number of benzene rings is 1. The van der Waals surface area contributed by atoms with Crippen LogP contribution >= 0.6 is 0 Å². The van der Waals surface area contributed by atoms with Crippen molar-refractivity contribution >= 4 is 0 Å². The molecule has 0 aliphatic heterocycles. The highest BCUT2D eigenvalue weighted by Gasteiger charge is 2.20. The van der Waals surface area contributed by atoms with Crippen molar-refractivity contribution in [2.75, 3.05) is 0 Å². The molecule has 1 fully saturated rings. The summed E-state index contributed by atoms with van der Waals surface area (Å²) in [6.45, 7) is 2.88. The molecule has 0 unspecified atom stereocenters. The Morgan fingerprint density at radius 3 is 2.68 bits per heavy atom. The monoisotopic (exact) mass is 254 g/mol. The van der Waals surface area contributed by atoms with E-state index in [1.54, 1.807) is 6.20 Å². The van der Waals surface area contributed by atoms with Gasteiger partial charge >= 0.3 is 0 Å². The van der Waals surface area contributed by atoms with E-state index < -0.39 is 0 Å². The fourth-order valence-corrected chi connectivity index (χ4v) is 1.89. The van der Waals surface area contributed by atoms with Gasteiger partial charge in [0.05, 0.1) is 5.69 Å². The molecule has 19 heavy (non-hydrogen) atoms. The molecule has 0 radical (unpaired) electrons. The fraction of sp³-hybridized carbons (Fsp3) is 0.312. The van der Waals surface area contributed by atoms with Crippen LogP contribution in [-0.2, 0) is 6.54 Å². The van der Waals surface area contributed by atoms with Gasteiger partial charge < -0.3 is 10.1 Å².